The molecule has 2 rings (SSSR count). The maximum absolute atomic E-state index is 4.74. The molecule has 0 amide bonds. The Hall–Kier alpha value is -2.18. The molecule has 2 aromatic heterocycles. The van der Waals surface area contributed by atoms with Crippen LogP contribution in [0.2, 0.25) is 0 Å². The molecule has 0 aliphatic rings. The summed E-state index contributed by atoms with van der Waals surface area (Å²) in [5.41, 5.74) is 1.56. The molecule has 24 heavy (non-hydrogen) atoms. The minimum atomic E-state index is 0.575. The van der Waals surface area contributed by atoms with Crippen molar-refractivity contribution in [2.45, 2.75) is 52.9 Å². The minimum absolute atomic E-state index is 0.575. The Bertz CT molecular complexity index is 657. The Morgan fingerprint density at radius 2 is 1.38 bits per heavy atom. The molecule has 0 unspecified atom stereocenters. The molecular weight excluding hydrogens is 302 g/mol. The van der Waals surface area contributed by atoms with Gasteiger partial charge in [0.15, 0.2) is 11.6 Å². The van der Waals surface area contributed by atoms with E-state index in [1.54, 1.807) is 0 Å². The van der Waals surface area contributed by atoms with Crippen LogP contribution in [0.3, 0.4) is 0 Å². The fraction of sp³-hybridized carbons (Fsp3) is 0.647. The van der Waals surface area contributed by atoms with Gasteiger partial charge in [-0.05, 0) is 19.3 Å². The van der Waals surface area contributed by atoms with E-state index in [-0.39, 0.29) is 0 Å². The normalized spacial score (nSPS) is 10.8. The highest BCUT2D eigenvalue weighted by molar-refractivity contribution is 5.93. The van der Waals surface area contributed by atoms with Crippen molar-refractivity contribution in [3.63, 3.8) is 0 Å². The molecule has 0 aliphatic carbocycles. The summed E-state index contributed by atoms with van der Waals surface area (Å²) in [6.45, 7) is 8.15. The Kier molecular flexibility index (Phi) is 6.96. The fourth-order valence-corrected chi connectivity index (χ4v) is 2.35. The van der Waals surface area contributed by atoms with Gasteiger partial charge in [0.05, 0.1) is 0 Å². The van der Waals surface area contributed by atoms with Crippen LogP contribution in [-0.2, 0) is 6.42 Å². The number of anilines is 3. The van der Waals surface area contributed by atoms with Gasteiger partial charge >= 0.3 is 0 Å². The van der Waals surface area contributed by atoms with Crippen molar-refractivity contribution in [1.29, 1.82) is 0 Å². The lowest BCUT2D eigenvalue weighted by Gasteiger charge is -2.14. The van der Waals surface area contributed by atoms with E-state index in [0.717, 1.165) is 73.7 Å². The summed E-state index contributed by atoms with van der Waals surface area (Å²) in [5, 5.41) is 9.78. The van der Waals surface area contributed by atoms with E-state index in [1.165, 1.54) is 0 Å². The summed E-state index contributed by atoms with van der Waals surface area (Å²) in [6, 6.07) is 0. The number of hydrogen-bond acceptors (Lipinski definition) is 7. The van der Waals surface area contributed by atoms with E-state index >= 15 is 0 Å². The predicted octanol–water partition coefficient (Wildman–Crippen LogP) is 3.45. The molecule has 0 aromatic carbocycles. The Balaban J connectivity index is 2.56. The monoisotopic (exact) mass is 331 g/mol. The summed E-state index contributed by atoms with van der Waals surface area (Å²) in [5.74, 6) is 2.99. The first-order valence-corrected chi connectivity index (χ1v) is 8.97. The highest BCUT2D eigenvalue weighted by Crippen LogP contribution is 2.26. The second-order valence-corrected chi connectivity index (χ2v) is 5.79. The second-order valence-electron chi connectivity index (χ2n) is 5.79. The van der Waals surface area contributed by atoms with E-state index < -0.39 is 0 Å². The largest absolute Gasteiger partial charge is 0.368 e. The molecule has 7 heteroatoms. The number of nitrogens with zero attached hydrogens (tertiary/aromatic N) is 4. The number of aryl methyl sites for hydroxylation is 1. The van der Waals surface area contributed by atoms with Crippen molar-refractivity contribution in [3.8, 4) is 0 Å². The summed E-state index contributed by atoms with van der Waals surface area (Å²) < 4.78 is 0. The van der Waals surface area contributed by atoms with Crippen LogP contribution in [-0.4, -0.2) is 40.1 Å². The Morgan fingerprint density at radius 3 is 1.96 bits per heavy atom. The van der Waals surface area contributed by atoms with Gasteiger partial charge in [0, 0.05) is 26.6 Å². The van der Waals surface area contributed by atoms with Crippen LogP contribution >= 0.6 is 0 Å². The maximum Gasteiger partial charge on any atom is 0.225 e. The quantitative estimate of drug-likeness (QED) is 0.614. The van der Waals surface area contributed by atoms with Crippen LogP contribution in [0.5, 0.6) is 0 Å². The molecule has 2 aromatic rings. The molecule has 3 N–H and O–H groups in total. The summed E-state index contributed by atoms with van der Waals surface area (Å²) >= 11 is 0. The third kappa shape index (κ3) is 4.43. The molecule has 0 aliphatic heterocycles. The first-order chi connectivity index (χ1) is 11.7. The van der Waals surface area contributed by atoms with Gasteiger partial charge in [0.25, 0.3) is 0 Å². The molecule has 0 radical (unpaired) electrons. The summed E-state index contributed by atoms with van der Waals surface area (Å²) in [4.78, 5) is 18.6. The van der Waals surface area contributed by atoms with Crippen LogP contribution in [0.15, 0.2) is 0 Å². The van der Waals surface area contributed by atoms with Crippen molar-refractivity contribution in [1.82, 2.24) is 19.9 Å². The third-order valence-corrected chi connectivity index (χ3v) is 3.65. The smallest absolute Gasteiger partial charge is 0.225 e. The molecule has 0 spiro atoms. The zero-order chi connectivity index (χ0) is 17.4. The summed E-state index contributed by atoms with van der Waals surface area (Å²) in [7, 11) is 1.82. The SMILES string of the molecule is CCCCc1nc(NCCC)c2nc(NC)nc(NCCC)c2n1. The van der Waals surface area contributed by atoms with Gasteiger partial charge in [-0.3, -0.25) is 0 Å². The van der Waals surface area contributed by atoms with Crippen LogP contribution in [0.4, 0.5) is 17.6 Å². The predicted molar refractivity (Wildman–Crippen MR) is 101 cm³/mol. The van der Waals surface area contributed by atoms with Crippen molar-refractivity contribution < 1.29 is 0 Å². The van der Waals surface area contributed by atoms with Gasteiger partial charge < -0.3 is 16.0 Å². The van der Waals surface area contributed by atoms with Gasteiger partial charge in [-0.25, -0.2) is 15.0 Å². The number of hydrogen-bond donors (Lipinski definition) is 3. The van der Waals surface area contributed by atoms with Gasteiger partial charge in [-0.1, -0.05) is 27.2 Å². The lowest BCUT2D eigenvalue weighted by molar-refractivity contribution is 0.756. The van der Waals surface area contributed by atoms with E-state index in [9.17, 15) is 0 Å². The minimum Gasteiger partial charge on any atom is -0.368 e. The van der Waals surface area contributed by atoms with E-state index in [2.05, 4.69) is 46.7 Å². The van der Waals surface area contributed by atoms with E-state index in [1.807, 2.05) is 7.05 Å². The average molecular weight is 331 g/mol. The van der Waals surface area contributed by atoms with Crippen molar-refractivity contribution >= 4 is 28.6 Å². The first-order valence-electron chi connectivity index (χ1n) is 8.97. The number of nitrogens with one attached hydrogen (secondary N) is 3. The number of aromatic nitrogens is 4. The lowest BCUT2D eigenvalue weighted by Crippen LogP contribution is -2.12. The highest BCUT2D eigenvalue weighted by atomic mass is 15.2. The Labute approximate surface area is 144 Å². The number of fused-ring (bicyclic) bond motifs is 1. The molecule has 0 bridgehead atoms. The zero-order valence-corrected chi connectivity index (χ0v) is 15.2. The Morgan fingerprint density at radius 1 is 0.750 bits per heavy atom. The average Bonchev–Trinajstić information content (AvgIpc) is 2.62. The molecule has 0 saturated carbocycles. The van der Waals surface area contributed by atoms with E-state index in [0.29, 0.717) is 5.95 Å². The van der Waals surface area contributed by atoms with Gasteiger partial charge in [-0.15, -0.1) is 0 Å². The molecule has 7 nitrogen and oxygen atoms in total. The standard InChI is InChI=1S/C17H29N7/c1-5-8-9-12-21-13-14(15(22-12)19-10-6-2)23-17(18-4)24-16(13)20-11-7-3/h5-11H2,1-4H3,(H,19,21,22)(H2,18,20,23,24). The zero-order valence-electron chi connectivity index (χ0n) is 15.2. The first kappa shape index (κ1) is 18.2. The van der Waals surface area contributed by atoms with E-state index in [4.69, 9.17) is 9.97 Å². The molecule has 0 saturated heterocycles. The van der Waals surface area contributed by atoms with Crippen LogP contribution in [0, 0.1) is 0 Å². The third-order valence-electron chi connectivity index (χ3n) is 3.65. The molecular formula is C17H29N7. The topological polar surface area (TPSA) is 87.7 Å². The number of unbranched alkanes of at least 4 members (excludes halogenated alkanes) is 1. The fourth-order valence-electron chi connectivity index (χ4n) is 2.35. The van der Waals surface area contributed by atoms with Gasteiger partial charge in [0.1, 0.15) is 16.9 Å². The second kappa shape index (κ2) is 9.20. The van der Waals surface area contributed by atoms with Crippen LogP contribution < -0.4 is 16.0 Å². The van der Waals surface area contributed by atoms with Crippen molar-refractivity contribution in [3.05, 3.63) is 5.82 Å². The maximum atomic E-state index is 4.74. The van der Waals surface area contributed by atoms with Crippen molar-refractivity contribution in [2.24, 2.45) is 0 Å². The molecule has 0 atom stereocenters. The van der Waals surface area contributed by atoms with Crippen LogP contribution in [0.25, 0.3) is 11.0 Å². The molecule has 0 fully saturated rings. The molecule has 2 heterocycles. The lowest BCUT2D eigenvalue weighted by atomic mass is 10.2. The number of rotatable bonds is 10. The van der Waals surface area contributed by atoms with Gasteiger partial charge in [0.2, 0.25) is 5.95 Å². The van der Waals surface area contributed by atoms with Crippen LogP contribution in [0.1, 0.15) is 52.3 Å². The summed E-state index contributed by atoms with van der Waals surface area (Å²) in [6.07, 6.45) is 5.12. The van der Waals surface area contributed by atoms with Crippen molar-refractivity contribution in [2.75, 3.05) is 36.1 Å². The highest BCUT2D eigenvalue weighted by Gasteiger charge is 2.15. The molecule has 132 valence electrons. The van der Waals surface area contributed by atoms with Gasteiger partial charge in [-0.2, -0.15) is 4.98 Å².